The van der Waals surface area contributed by atoms with Crippen molar-refractivity contribution >= 4 is 46.6 Å². The van der Waals surface area contributed by atoms with E-state index in [2.05, 4.69) is 10.6 Å². The number of rotatable bonds is 5. The fourth-order valence-electron chi connectivity index (χ4n) is 3.11. The number of anilines is 1. The Labute approximate surface area is 208 Å². The third kappa shape index (κ3) is 9.23. The maximum absolute atomic E-state index is 12.4. The van der Waals surface area contributed by atoms with Crippen LogP contribution in [0.1, 0.15) is 18.4 Å². The van der Waals surface area contributed by atoms with Crippen LogP contribution >= 0.6 is 23.2 Å². The van der Waals surface area contributed by atoms with Gasteiger partial charge in [-0.3, -0.25) is 10.1 Å². The van der Waals surface area contributed by atoms with E-state index in [0.29, 0.717) is 35.4 Å². The van der Waals surface area contributed by atoms with E-state index >= 15 is 0 Å². The molecule has 0 bridgehead atoms. The fourth-order valence-corrected chi connectivity index (χ4v) is 3.40. The third-order valence-corrected chi connectivity index (χ3v) is 5.65. The molecule has 0 aromatic heterocycles. The number of piperidine rings is 1. The lowest BCUT2D eigenvalue weighted by atomic mass is 10.0. The number of likely N-dealkylation sites (tertiary alicyclic amines) is 1. The van der Waals surface area contributed by atoms with Crippen molar-refractivity contribution in [1.29, 1.82) is 0 Å². The largest absolute Gasteiger partial charge is 0.490 e. The molecule has 9 nitrogen and oxygen atoms in total. The van der Waals surface area contributed by atoms with Gasteiger partial charge in [0.2, 0.25) is 0 Å². The highest BCUT2D eigenvalue weighted by Crippen LogP contribution is 2.25. The summed E-state index contributed by atoms with van der Waals surface area (Å²) in [5.74, 6) is -2.76. The average molecular weight is 537 g/mol. The second-order valence-corrected chi connectivity index (χ2v) is 8.25. The zero-order chi connectivity index (χ0) is 26.2. The SMILES string of the molecule is O=C(Nc1ccc(Cl)c(Cl)c1)N1CCC(NCc2cccc([N+](=O)[O-])c2)CC1.O=C(O)C(F)(F)F. The number of nitrogens with zero attached hydrogens (tertiary/aromatic N) is 2. The smallest absolute Gasteiger partial charge is 0.475 e. The lowest BCUT2D eigenvalue weighted by Gasteiger charge is -2.32. The second-order valence-electron chi connectivity index (χ2n) is 7.43. The van der Waals surface area contributed by atoms with Gasteiger partial charge in [-0.1, -0.05) is 35.3 Å². The molecular formula is C21H21Cl2F3N4O5. The molecule has 1 heterocycles. The molecule has 3 rings (SSSR count). The van der Waals surface area contributed by atoms with Crippen LogP contribution in [0.3, 0.4) is 0 Å². The Kier molecular flexibility index (Phi) is 10.1. The fraction of sp³-hybridized carbons (Fsp3) is 0.333. The molecule has 0 unspecified atom stereocenters. The molecular weight excluding hydrogens is 516 g/mol. The van der Waals surface area contributed by atoms with Gasteiger partial charge < -0.3 is 20.6 Å². The topological polar surface area (TPSA) is 125 Å². The summed E-state index contributed by atoms with van der Waals surface area (Å²) in [6.45, 7) is 1.81. The molecule has 1 aliphatic heterocycles. The molecule has 1 fully saturated rings. The highest BCUT2D eigenvalue weighted by molar-refractivity contribution is 6.42. The number of urea groups is 1. The van der Waals surface area contributed by atoms with E-state index in [4.69, 9.17) is 33.1 Å². The average Bonchev–Trinajstić information content (AvgIpc) is 2.80. The van der Waals surface area contributed by atoms with Gasteiger partial charge in [0.15, 0.2) is 0 Å². The Morgan fingerprint density at radius 3 is 2.29 bits per heavy atom. The van der Waals surface area contributed by atoms with Gasteiger partial charge in [-0.25, -0.2) is 9.59 Å². The number of alkyl halides is 3. The predicted molar refractivity (Wildman–Crippen MR) is 124 cm³/mol. The minimum atomic E-state index is -5.08. The molecule has 2 aromatic rings. The first-order valence-electron chi connectivity index (χ1n) is 10.1. The van der Waals surface area contributed by atoms with Gasteiger partial charge in [0.05, 0.1) is 15.0 Å². The van der Waals surface area contributed by atoms with E-state index in [1.54, 1.807) is 35.2 Å². The van der Waals surface area contributed by atoms with Crippen molar-refractivity contribution in [3.8, 4) is 0 Å². The van der Waals surface area contributed by atoms with Gasteiger partial charge in [0.1, 0.15) is 0 Å². The number of non-ortho nitro benzene ring substituents is 1. The standard InChI is InChI=1S/C19H20Cl2N4O3.C2HF3O2/c20-17-5-4-15(11-18(17)21)23-19(26)24-8-6-14(7-9-24)22-12-13-2-1-3-16(10-13)25(27)28;3-2(4,5)1(6)7/h1-5,10-11,14,22H,6-9,12H2,(H,23,26);(H,6,7). The molecule has 0 aliphatic carbocycles. The van der Waals surface area contributed by atoms with Crippen LogP contribution in [-0.2, 0) is 11.3 Å². The predicted octanol–water partition coefficient (Wildman–Crippen LogP) is 5.32. The molecule has 1 aliphatic rings. The summed E-state index contributed by atoms with van der Waals surface area (Å²) < 4.78 is 31.7. The summed E-state index contributed by atoms with van der Waals surface area (Å²) in [4.78, 5) is 33.5. The van der Waals surface area contributed by atoms with Crippen LogP contribution in [0.15, 0.2) is 42.5 Å². The first kappa shape index (κ1) is 28.1. The van der Waals surface area contributed by atoms with Crippen molar-refractivity contribution in [1.82, 2.24) is 10.2 Å². The minimum Gasteiger partial charge on any atom is -0.475 e. The monoisotopic (exact) mass is 536 g/mol. The number of nitro benzene ring substituents is 1. The van der Waals surface area contributed by atoms with Crippen LogP contribution < -0.4 is 10.6 Å². The number of halogens is 5. The zero-order valence-electron chi connectivity index (χ0n) is 18.0. The zero-order valence-corrected chi connectivity index (χ0v) is 19.5. The second kappa shape index (κ2) is 12.6. The number of carbonyl (C=O) groups is 2. The number of nitro groups is 1. The van der Waals surface area contributed by atoms with E-state index in [1.165, 1.54) is 6.07 Å². The Morgan fingerprint density at radius 1 is 1.11 bits per heavy atom. The molecule has 35 heavy (non-hydrogen) atoms. The van der Waals surface area contributed by atoms with Crippen LogP contribution in [0.25, 0.3) is 0 Å². The van der Waals surface area contributed by atoms with Gasteiger partial charge in [0, 0.05) is 43.5 Å². The van der Waals surface area contributed by atoms with Crippen molar-refractivity contribution in [2.45, 2.75) is 31.6 Å². The molecule has 3 N–H and O–H groups in total. The number of hydrogen-bond acceptors (Lipinski definition) is 5. The third-order valence-electron chi connectivity index (χ3n) is 4.91. The van der Waals surface area contributed by atoms with Crippen molar-refractivity contribution in [2.75, 3.05) is 18.4 Å². The summed E-state index contributed by atoms with van der Waals surface area (Å²) >= 11 is 11.9. The molecule has 2 amide bonds. The summed E-state index contributed by atoms with van der Waals surface area (Å²) in [6.07, 6.45) is -3.46. The van der Waals surface area contributed by atoms with Gasteiger partial charge in [-0.05, 0) is 36.6 Å². The van der Waals surface area contributed by atoms with Gasteiger partial charge in [0.25, 0.3) is 5.69 Å². The van der Waals surface area contributed by atoms with Crippen molar-refractivity contribution in [2.24, 2.45) is 0 Å². The maximum Gasteiger partial charge on any atom is 0.490 e. The van der Waals surface area contributed by atoms with E-state index < -0.39 is 17.1 Å². The van der Waals surface area contributed by atoms with Crippen LogP contribution in [0, 0.1) is 10.1 Å². The normalized spacial score (nSPS) is 14.0. The number of aliphatic carboxylic acids is 1. The van der Waals surface area contributed by atoms with E-state index in [9.17, 15) is 28.1 Å². The number of nitrogens with one attached hydrogen (secondary N) is 2. The first-order valence-corrected chi connectivity index (χ1v) is 10.9. The maximum atomic E-state index is 12.4. The summed E-state index contributed by atoms with van der Waals surface area (Å²) in [7, 11) is 0. The van der Waals surface area contributed by atoms with Crippen molar-refractivity contribution < 1.29 is 32.8 Å². The Hall–Kier alpha value is -3.09. The quantitative estimate of drug-likeness (QED) is 0.350. The van der Waals surface area contributed by atoms with Gasteiger partial charge in [-0.2, -0.15) is 13.2 Å². The molecule has 0 spiro atoms. The van der Waals surface area contributed by atoms with E-state index in [0.717, 1.165) is 18.4 Å². The summed E-state index contributed by atoms with van der Waals surface area (Å²) in [5, 5.41) is 25.1. The van der Waals surface area contributed by atoms with Gasteiger partial charge in [-0.15, -0.1) is 0 Å². The van der Waals surface area contributed by atoms with Crippen LogP contribution in [0.4, 0.5) is 29.3 Å². The van der Waals surface area contributed by atoms with E-state index in [-0.39, 0.29) is 17.8 Å². The van der Waals surface area contributed by atoms with Crippen molar-refractivity contribution in [3.63, 3.8) is 0 Å². The Balaban J connectivity index is 0.000000540. The number of amides is 2. The molecule has 14 heteroatoms. The summed E-state index contributed by atoms with van der Waals surface area (Å²) in [5.41, 5.74) is 1.56. The molecule has 0 saturated carbocycles. The highest BCUT2D eigenvalue weighted by Gasteiger charge is 2.38. The molecule has 1 saturated heterocycles. The van der Waals surface area contributed by atoms with Crippen LogP contribution in [-0.4, -0.2) is 52.2 Å². The number of carboxylic acid groups (broad SMARTS) is 1. The number of carboxylic acids is 1. The molecule has 190 valence electrons. The van der Waals surface area contributed by atoms with Crippen LogP contribution in [0.5, 0.6) is 0 Å². The van der Waals surface area contributed by atoms with Crippen LogP contribution in [0.2, 0.25) is 10.0 Å². The Morgan fingerprint density at radius 2 is 1.74 bits per heavy atom. The molecule has 0 radical (unpaired) electrons. The lowest BCUT2D eigenvalue weighted by molar-refractivity contribution is -0.384. The van der Waals surface area contributed by atoms with E-state index in [1.807, 2.05) is 6.07 Å². The first-order chi connectivity index (χ1) is 16.4. The lowest BCUT2D eigenvalue weighted by Crippen LogP contribution is -2.46. The van der Waals surface area contributed by atoms with Crippen molar-refractivity contribution in [3.05, 3.63) is 68.2 Å². The number of benzene rings is 2. The molecule has 0 atom stereocenters. The minimum absolute atomic E-state index is 0.0908. The Bertz CT molecular complexity index is 1060. The molecule has 2 aromatic carbocycles. The highest BCUT2D eigenvalue weighted by atomic mass is 35.5. The number of carbonyl (C=O) groups excluding carboxylic acids is 1. The number of hydrogen-bond donors (Lipinski definition) is 3. The summed E-state index contributed by atoms with van der Waals surface area (Å²) in [6, 6.07) is 11.7. The van der Waals surface area contributed by atoms with Gasteiger partial charge >= 0.3 is 18.2 Å².